The summed E-state index contributed by atoms with van der Waals surface area (Å²) in [6, 6.07) is 12.2. The van der Waals surface area contributed by atoms with Crippen LogP contribution < -0.4 is 4.74 Å². The first kappa shape index (κ1) is 19.6. The van der Waals surface area contributed by atoms with Gasteiger partial charge in [-0.1, -0.05) is 12.1 Å². The Morgan fingerprint density at radius 1 is 1.15 bits per heavy atom. The molecule has 0 bridgehead atoms. The van der Waals surface area contributed by atoms with Crippen molar-refractivity contribution in [2.75, 3.05) is 20.7 Å². The molecule has 0 saturated heterocycles. The van der Waals surface area contributed by atoms with Crippen molar-refractivity contribution < 1.29 is 23.8 Å². The van der Waals surface area contributed by atoms with Crippen LogP contribution in [0.5, 0.6) is 5.75 Å². The third-order valence-corrected chi connectivity index (χ3v) is 4.08. The molecular formula is C20H22FNO4. The fourth-order valence-electron chi connectivity index (χ4n) is 2.51. The van der Waals surface area contributed by atoms with Gasteiger partial charge in [-0.25, -0.2) is 4.39 Å². The van der Waals surface area contributed by atoms with Crippen molar-refractivity contribution in [3.63, 3.8) is 0 Å². The molecule has 0 spiro atoms. The fourth-order valence-corrected chi connectivity index (χ4v) is 2.51. The summed E-state index contributed by atoms with van der Waals surface area (Å²) in [4.78, 5) is 25.6. The van der Waals surface area contributed by atoms with Gasteiger partial charge in [-0.15, -0.1) is 0 Å². The molecule has 0 fully saturated rings. The van der Waals surface area contributed by atoms with Crippen molar-refractivity contribution >= 4 is 11.7 Å². The Kier molecular flexibility index (Phi) is 6.86. The predicted octanol–water partition coefficient (Wildman–Crippen LogP) is 2.99. The molecule has 2 aromatic rings. The van der Waals surface area contributed by atoms with Gasteiger partial charge in [-0.3, -0.25) is 9.59 Å². The van der Waals surface area contributed by atoms with E-state index in [0.717, 1.165) is 0 Å². The number of ketones is 1. The van der Waals surface area contributed by atoms with Crippen molar-refractivity contribution in [3.8, 4) is 5.75 Å². The first-order chi connectivity index (χ1) is 12.4. The third kappa shape index (κ3) is 5.39. The van der Waals surface area contributed by atoms with Crippen molar-refractivity contribution in [2.24, 2.45) is 0 Å². The Bertz CT molecular complexity index is 761. The van der Waals surface area contributed by atoms with E-state index in [1.165, 1.54) is 29.2 Å². The Morgan fingerprint density at radius 3 is 2.50 bits per heavy atom. The molecule has 5 nitrogen and oxygen atoms in total. The summed E-state index contributed by atoms with van der Waals surface area (Å²) in [7, 11) is 3.12. The smallest absolute Gasteiger partial charge is 0.222 e. The number of aliphatic hydroxyl groups excluding tert-OH is 1. The normalized spacial score (nSPS) is 11.7. The van der Waals surface area contributed by atoms with E-state index in [2.05, 4.69) is 0 Å². The first-order valence-corrected chi connectivity index (χ1v) is 8.25. The van der Waals surface area contributed by atoms with Crippen LogP contribution >= 0.6 is 0 Å². The van der Waals surface area contributed by atoms with Gasteiger partial charge in [0, 0.05) is 25.5 Å². The minimum absolute atomic E-state index is 0.0253. The first-order valence-electron chi connectivity index (χ1n) is 8.25. The predicted molar refractivity (Wildman–Crippen MR) is 95.6 cm³/mol. The van der Waals surface area contributed by atoms with Crippen LogP contribution in [-0.2, 0) is 4.79 Å². The number of halogens is 1. The maximum absolute atomic E-state index is 12.9. The number of carbonyl (C=O) groups is 2. The van der Waals surface area contributed by atoms with E-state index in [-0.39, 0.29) is 31.1 Å². The number of hydrogen-bond acceptors (Lipinski definition) is 4. The number of nitrogens with zero attached hydrogens (tertiary/aromatic N) is 1. The van der Waals surface area contributed by atoms with Gasteiger partial charge in [0.15, 0.2) is 5.78 Å². The lowest BCUT2D eigenvalue weighted by Gasteiger charge is -2.21. The zero-order valence-electron chi connectivity index (χ0n) is 14.8. The Balaban J connectivity index is 1.86. The molecule has 1 N–H and O–H groups in total. The van der Waals surface area contributed by atoms with E-state index in [0.29, 0.717) is 16.9 Å². The lowest BCUT2D eigenvalue weighted by Crippen LogP contribution is -2.31. The molecule has 0 aromatic heterocycles. The molecule has 138 valence electrons. The fraction of sp³-hybridized carbons (Fsp3) is 0.300. The van der Waals surface area contributed by atoms with Gasteiger partial charge in [0.2, 0.25) is 5.91 Å². The molecule has 1 atom stereocenters. The molecule has 0 aliphatic rings. The van der Waals surface area contributed by atoms with Gasteiger partial charge in [0.1, 0.15) is 11.6 Å². The van der Waals surface area contributed by atoms with Gasteiger partial charge in [0.25, 0.3) is 0 Å². The van der Waals surface area contributed by atoms with Crippen molar-refractivity contribution in [1.29, 1.82) is 0 Å². The van der Waals surface area contributed by atoms with E-state index >= 15 is 0 Å². The number of carbonyl (C=O) groups excluding carboxylic acids is 2. The number of likely N-dealkylation sites (N-methyl/N-ethyl adjacent to an activating group) is 1. The summed E-state index contributed by atoms with van der Waals surface area (Å²) in [6.45, 7) is 0.108. The number of amides is 1. The Hall–Kier alpha value is -2.73. The van der Waals surface area contributed by atoms with Crippen LogP contribution in [0.25, 0.3) is 0 Å². The third-order valence-electron chi connectivity index (χ3n) is 4.08. The van der Waals surface area contributed by atoms with Gasteiger partial charge in [-0.05, 0) is 42.0 Å². The summed E-state index contributed by atoms with van der Waals surface area (Å²) >= 11 is 0. The maximum atomic E-state index is 12.9. The summed E-state index contributed by atoms with van der Waals surface area (Å²) < 4.78 is 18.0. The molecule has 0 saturated carbocycles. The minimum atomic E-state index is -0.855. The average Bonchev–Trinajstić information content (AvgIpc) is 2.66. The highest BCUT2D eigenvalue weighted by molar-refractivity contribution is 5.97. The number of ether oxygens (including phenoxy) is 1. The lowest BCUT2D eigenvalue weighted by molar-refractivity contribution is -0.131. The Labute approximate surface area is 152 Å². The highest BCUT2D eigenvalue weighted by atomic mass is 19.1. The van der Waals surface area contributed by atoms with Gasteiger partial charge in [0.05, 0.1) is 19.8 Å². The summed E-state index contributed by atoms with van der Waals surface area (Å²) in [5, 5.41) is 10.3. The van der Waals surface area contributed by atoms with Crippen LogP contribution in [0, 0.1) is 5.82 Å². The van der Waals surface area contributed by atoms with E-state index < -0.39 is 11.9 Å². The standard InChI is InChI=1S/C20H22FNO4/c1-22(13-19(24)15-4-3-5-17(12-15)26-2)20(25)11-10-18(23)14-6-8-16(21)9-7-14/h3-9,12,19,24H,10-11,13H2,1-2H3. The van der Waals surface area contributed by atoms with Crippen LogP contribution in [-0.4, -0.2) is 42.4 Å². The second kappa shape index (κ2) is 9.10. The van der Waals surface area contributed by atoms with Gasteiger partial charge < -0.3 is 14.7 Å². The van der Waals surface area contributed by atoms with Crippen molar-refractivity contribution in [3.05, 3.63) is 65.5 Å². The molecule has 0 heterocycles. The molecule has 2 aromatic carbocycles. The molecule has 1 unspecified atom stereocenters. The Morgan fingerprint density at radius 2 is 1.85 bits per heavy atom. The number of Topliss-reactive ketones (excluding diaryl/α,β-unsaturated/α-hetero) is 1. The summed E-state index contributed by atoms with van der Waals surface area (Å²) in [5.74, 6) is -0.258. The number of hydrogen-bond donors (Lipinski definition) is 1. The highest BCUT2D eigenvalue weighted by Crippen LogP contribution is 2.20. The monoisotopic (exact) mass is 359 g/mol. The number of benzene rings is 2. The SMILES string of the molecule is COc1cccc(C(O)CN(C)C(=O)CCC(=O)c2ccc(F)cc2)c1. The van der Waals surface area contributed by atoms with E-state index in [1.54, 1.807) is 38.4 Å². The molecule has 0 aliphatic carbocycles. The average molecular weight is 359 g/mol. The number of aliphatic hydroxyl groups is 1. The van der Waals surface area contributed by atoms with Gasteiger partial charge >= 0.3 is 0 Å². The minimum Gasteiger partial charge on any atom is -0.497 e. The van der Waals surface area contributed by atoms with Gasteiger partial charge in [-0.2, -0.15) is 0 Å². The van der Waals surface area contributed by atoms with Crippen LogP contribution in [0.15, 0.2) is 48.5 Å². The van der Waals surface area contributed by atoms with Crippen LogP contribution in [0.3, 0.4) is 0 Å². The van der Waals surface area contributed by atoms with Crippen molar-refractivity contribution in [1.82, 2.24) is 4.90 Å². The molecule has 1 amide bonds. The topological polar surface area (TPSA) is 66.8 Å². The number of methoxy groups -OCH3 is 1. The van der Waals surface area contributed by atoms with Crippen LogP contribution in [0.2, 0.25) is 0 Å². The van der Waals surface area contributed by atoms with E-state index in [4.69, 9.17) is 4.74 Å². The molecule has 6 heteroatoms. The summed E-state index contributed by atoms with van der Waals surface area (Å²) in [6.07, 6.45) is -0.798. The molecular weight excluding hydrogens is 337 g/mol. The molecule has 0 aliphatic heterocycles. The van der Waals surface area contributed by atoms with Crippen LogP contribution in [0.4, 0.5) is 4.39 Å². The van der Waals surface area contributed by atoms with Crippen molar-refractivity contribution in [2.45, 2.75) is 18.9 Å². The lowest BCUT2D eigenvalue weighted by atomic mass is 10.1. The molecule has 26 heavy (non-hydrogen) atoms. The quantitative estimate of drug-likeness (QED) is 0.736. The van der Waals surface area contributed by atoms with Crippen LogP contribution in [0.1, 0.15) is 34.9 Å². The zero-order chi connectivity index (χ0) is 19.1. The molecule has 2 rings (SSSR count). The van der Waals surface area contributed by atoms with E-state index in [1.807, 2.05) is 0 Å². The second-order valence-corrected chi connectivity index (χ2v) is 6.00. The second-order valence-electron chi connectivity index (χ2n) is 6.00. The van der Waals surface area contributed by atoms with E-state index in [9.17, 15) is 19.1 Å². The largest absolute Gasteiger partial charge is 0.497 e. The molecule has 0 radical (unpaired) electrons. The summed E-state index contributed by atoms with van der Waals surface area (Å²) in [5.41, 5.74) is 1.02. The maximum Gasteiger partial charge on any atom is 0.222 e. The zero-order valence-corrected chi connectivity index (χ0v) is 14.8. The number of rotatable bonds is 8. The highest BCUT2D eigenvalue weighted by Gasteiger charge is 2.17.